The molecular formula is C19H13N5O4S. The van der Waals surface area contributed by atoms with Crippen molar-refractivity contribution < 1.29 is 8.42 Å². The molecular weight excluding hydrogens is 394 g/mol. The normalized spacial score (nSPS) is 11.4. The molecule has 2 heterocycles. The maximum absolute atomic E-state index is 12.4. The Hall–Kier alpha value is -3.97. The molecule has 0 fully saturated rings. The third kappa shape index (κ3) is 3.46. The van der Waals surface area contributed by atoms with Gasteiger partial charge in [0.2, 0.25) is 10.0 Å². The largest absolute Gasteiger partial charge is 0.349 e. The molecule has 2 aromatic carbocycles. The van der Waals surface area contributed by atoms with Crippen LogP contribution in [0.1, 0.15) is 5.56 Å². The Morgan fingerprint density at radius 1 is 1.14 bits per heavy atom. The molecule has 144 valence electrons. The summed E-state index contributed by atoms with van der Waals surface area (Å²) in [5.74, 6) is 0.0952. The molecule has 2 aromatic rings. The first-order valence-corrected chi connectivity index (χ1v) is 10.2. The van der Waals surface area contributed by atoms with Crippen LogP contribution in [0.5, 0.6) is 0 Å². The van der Waals surface area contributed by atoms with Gasteiger partial charge in [-0.15, -0.1) is 0 Å². The van der Waals surface area contributed by atoms with Gasteiger partial charge in [0.1, 0.15) is 0 Å². The summed E-state index contributed by atoms with van der Waals surface area (Å²) < 4.78 is 27.1. The highest BCUT2D eigenvalue weighted by Crippen LogP contribution is 2.29. The van der Waals surface area contributed by atoms with Gasteiger partial charge in [0.25, 0.3) is 5.56 Å². The van der Waals surface area contributed by atoms with Crippen molar-refractivity contribution >= 4 is 26.6 Å². The fourth-order valence-corrected chi connectivity index (χ4v) is 3.69. The standard InChI is InChI=1S/C19H13N5O4S/c1-29(27,28)23-13-3-2-4-14(9-13)24-16-7-11(10-20)5-6-12(16)8-15-17(24)21-19(26)22-18(15)25/h2-9,23H,1H3,(H,22,25,26). The van der Waals surface area contributed by atoms with Crippen LogP contribution in [0.2, 0.25) is 0 Å². The number of nitrogens with one attached hydrogen (secondary N) is 2. The van der Waals surface area contributed by atoms with E-state index in [1.807, 2.05) is 0 Å². The number of hydrogen-bond acceptors (Lipinski definition) is 6. The minimum atomic E-state index is -3.51. The number of pyridine rings is 1. The lowest BCUT2D eigenvalue weighted by Gasteiger charge is -2.18. The zero-order valence-corrected chi connectivity index (χ0v) is 15.8. The molecule has 0 saturated carbocycles. The number of fused-ring (bicyclic) bond motifs is 2. The van der Waals surface area contributed by atoms with Crippen molar-refractivity contribution in [3.63, 3.8) is 0 Å². The van der Waals surface area contributed by atoms with E-state index >= 15 is 0 Å². The number of H-pyrrole nitrogens is 1. The number of benzene rings is 2. The molecule has 0 aromatic heterocycles. The lowest BCUT2D eigenvalue weighted by atomic mass is 10.1. The highest BCUT2D eigenvalue weighted by atomic mass is 32.2. The zero-order valence-electron chi connectivity index (χ0n) is 15.0. The lowest BCUT2D eigenvalue weighted by Crippen LogP contribution is -2.27. The maximum atomic E-state index is 12.4. The number of rotatable bonds is 3. The number of nitrogens with zero attached hydrogens (tertiary/aromatic N) is 3. The zero-order chi connectivity index (χ0) is 20.8. The van der Waals surface area contributed by atoms with Crippen molar-refractivity contribution in [2.45, 2.75) is 0 Å². The van der Waals surface area contributed by atoms with Crippen molar-refractivity contribution in [3.05, 3.63) is 74.9 Å². The van der Waals surface area contributed by atoms with Crippen LogP contribution < -0.4 is 16.0 Å². The second kappa shape index (κ2) is 6.57. The fourth-order valence-electron chi connectivity index (χ4n) is 3.13. The summed E-state index contributed by atoms with van der Waals surface area (Å²) in [4.78, 5) is 30.3. The number of hydrogen-bond donors (Lipinski definition) is 2. The Balaban J connectivity index is 2.14. The molecule has 4 rings (SSSR count). The minimum absolute atomic E-state index is 0.0952. The Labute approximate surface area is 164 Å². The summed E-state index contributed by atoms with van der Waals surface area (Å²) in [6, 6.07) is 15.0. The average Bonchev–Trinajstić information content (AvgIpc) is 2.65. The van der Waals surface area contributed by atoms with Crippen LogP contribution in [0, 0.1) is 11.3 Å². The first kappa shape index (κ1) is 18.4. The van der Waals surface area contributed by atoms with Gasteiger partial charge in [-0.1, -0.05) is 12.1 Å². The summed E-state index contributed by atoms with van der Waals surface area (Å²) in [5.41, 5.74) is 0.452. The van der Waals surface area contributed by atoms with Crippen molar-refractivity contribution in [2.24, 2.45) is 0 Å². The molecule has 0 bridgehead atoms. The lowest BCUT2D eigenvalue weighted by molar-refractivity contribution is 0.607. The number of anilines is 1. The number of nitriles is 1. The van der Waals surface area contributed by atoms with Gasteiger partial charge in [-0.2, -0.15) is 10.2 Å². The number of sulfonamides is 1. The minimum Gasteiger partial charge on any atom is -0.293 e. The van der Waals surface area contributed by atoms with Crippen LogP contribution in [-0.4, -0.2) is 29.2 Å². The van der Waals surface area contributed by atoms with E-state index in [1.54, 1.807) is 53.1 Å². The topological polar surface area (TPSA) is 138 Å². The number of aromatic nitrogens is 3. The highest BCUT2D eigenvalue weighted by molar-refractivity contribution is 7.92. The van der Waals surface area contributed by atoms with Crippen molar-refractivity contribution in [1.29, 1.82) is 5.26 Å². The van der Waals surface area contributed by atoms with E-state index in [4.69, 9.17) is 0 Å². The molecule has 0 amide bonds. The van der Waals surface area contributed by atoms with Crippen LogP contribution >= 0.6 is 0 Å². The van der Waals surface area contributed by atoms with Crippen molar-refractivity contribution in [1.82, 2.24) is 14.5 Å². The Morgan fingerprint density at radius 2 is 1.93 bits per heavy atom. The maximum Gasteiger partial charge on any atom is 0.349 e. The molecule has 2 aliphatic rings. The molecule has 29 heavy (non-hydrogen) atoms. The van der Waals surface area contributed by atoms with Gasteiger partial charge in [0.05, 0.1) is 34.7 Å². The molecule has 0 spiro atoms. The Bertz CT molecular complexity index is 1510. The van der Waals surface area contributed by atoms with Gasteiger partial charge in [-0.3, -0.25) is 19.1 Å². The predicted molar refractivity (Wildman–Crippen MR) is 108 cm³/mol. The molecule has 0 aliphatic carbocycles. The fraction of sp³-hybridized carbons (Fsp3) is 0.0526. The monoisotopic (exact) mass is 407 g/mol. The van der Waals surface area contributed by atoms with Crippen LogP contribution in [0.3, 0.4) is 0 Å². The molecule has 9 nitrogen and oxygen atoms in total. The summed E-state index contributed by atoms with van der Waals surface area (Å²) >= 11 is 0. The van der Waals surface area contributed by atoms with Gasteiger partial charge in [0, 0.05) is 5.69 Å². The Kier molecular flexibility index (Phi) is 4.17. The van der Waals surface area contributed by atoms with Gasteiger partial charge in [-0.25, -0.2) is 13.2 Å². The smallest absolute Gasteiger partial charge is 0.293 e. The van der Waals surface area contributed by atoms with E-state index in [-0.39, 0.29) is 11.4 Å². The second-order valence-corrected chi connectivity index (χ2v) is 8.15. The molecule has 0 radical (unpaired) electrons. The van der Waals surface area contributed by atoms with E-state index < -0.39 is 21.3 Å². The first-order valence-electron chi connectivity index (χ1n) is 8.33. The summed E-state index contributed by atoms with van der Waals surface area (Å²) in [6.45, 7) is 0. The van der Waals surface area contributed by atoms with Gasteiger partial charge in [0.15, 0.2) is 5.82 Å². The molecule has 0 saturated heterocycles. The average molecular weight is 407 g/mol. The molecule has 10 heteroatoms. The molecule has 2 aliphatic heterocycles. The van der Waals surface area contributed by atoms with Crippen LogP contribution in [0.15, 0.2) is 58.1 Å². The van der Waals surface area contributed by atoms with E-state index in [0.29, 0.717) is 27.8 Å². The second-order valence-electron chi connectivity index (χ2n) is 6.40. The van der Waals surface area contributed by atoms with E-state index in [9.17, 15) is 23.3 Å². The molecule has 0 unspecified atom stereocenters. The van der Waals surface area contributed by atoms with E-state index in [1.165, 1.54) is 0 Å². The highest BCUT2D eigenvalue weighted by Gasteiger charge is 2.19. The third-order valence-electron chi connectivity index (χ3n) is 4.23. The van der Waals surface area contributed by atoms with E-state index in [0.717, 1.165) is 6.26 Å². The summed E-state index contributed by atoms with van der Waals surface area (Å²) in [6.07, 6.45) is 1.03. The van der Waals surface area contributed by atoms with Crippen LogP contribution in [0.4, 0.5) is 5.69 Å². The van der Waals surface area contributed by atoms with Crippen molar-refractivity contribution in [2.75, 3.05) is 11.0 Å². The Morgan fingerprint density at radius 3 is 2.66 bits per heavy atom. The number of aromatic amines is 1. The van der Waals surface area contributed by atoms with Crippen LogP contribution in [0.25, 0.3) is 28.0 Å². The third-order valence-corrected chi connectivity index (χ3v) is 4.84. The quantitative estimate of drug-likeness (QED) is 0.493. The summed E-state index contributed by atoms with van der Waals surface area (Å²) in [7, 11) is -3.51. The predicted octanol–water partition coefficient (Wildman–Crippen LogP) is 1.42. The van der Waals surface area contributed by atoms with Gasteiger partial charge in [-0.05, 0) is 41.8 Å². The van der Waals surface area contributed by atoms with E-state index in [2.05, 4.69) is 20.8 Å². The van der Waals surface area contributed by atoms with Gasteiger partial charge >= 0.3 is 5.69 Å². The molecule has 0 atom stereocenters. The SMILES string of the molecule is CS(=O)(=O)Nc1cccc(-n2c3nc(=O)[nH]c(=O)c-3cc3ccc(C#N)cc32)c1. The first-order chi connectivity index (χ1) is 13.7. The van der Waals surface area contributed by atoms with Crippen LogP contribution in [-0.2, 0) is 10.0 Å². The van der Waals surface area contributed by atoms with Crippen molar-refractivity contribution in [3.8, 4) is 23.1 Å². The molecule has 2 N–H and O–H groups in total. The van der Waals surface area contributed by atoms with Gasteiger partial charge < -0.3 is 0 Å². The summed E-state index contributed by atoms with van der Waals surface area (Å²) in [5, 5.41) is 9.92.